The smallest absolute Gasteiger partial charge is 0.232 e. The highest BCUT2D eigenvalue weighted by atomic mass is 32.2. The first-order valence-corrected chi connectivity index (χ1v) is 5.88. The second-order valence-electron chi connectivity index (χ2n) is 2.94. The van der Waals surface area contributed by atoms with E-state index < -0.39 is 10.0 Å². The Morgan fingerprint density at radius 2 is 2.21 bits per heavy atom. The van der Waals surface area contributed by atoms with Gasteiger partial charge in [-0.25, -0.2) is 8.42 Å². The Kier molecular flexibility index (Phi) is 3.07. The molecule has 0 amide bonds. The minimum Gasteiger partial charge on any atom is -0.326 e. The van der Waals surface area contributed by atoms with Crippen molar-refractivity contribution in [2.75, 3.05) is 17.6 Å². The average Bonchev–Trinajstić information content (AvgIpc) is 2.15. The lowest BCUT2D eigenvalue weighted by atomic mass is 10.2. The molecule has 1 aromatic heterocycles. The van der Waals surface area contributed by atoms with Crippen LogP contribution < -0.4 is 10.0 Å². The summed E-state index contributed by atoms with van der Waals surface area (Å²) < 4.78 is 23.7. The molecule has 0 saturated heterocycles. The van der Waals surface area contributed by atoms with Crippen molar-refractivity contribution in [1.82, 2.24) is 4.98 Å². The lowest BCUT2D eigenvalue weighted by Crippen LogP contribution is -2.26. The summed E-state index contributed by atoms with van der Waals surface area (Å²) in [7, 11) is -1.75. The van der Waals surface area contributed by atoms with Crippen LogP contribution in [0.3, 0.4) is 0 Å². The molecule has 0 aliphatic heterocycles. The normalized spacial score (nSPS) is 11.4. The molecule has 0 unspecified atom stereocenters. The maximum atomic E-state index is 11.3. The lowest BCUT2D eigenvalue weighted by Gasteiger charge is -2.18. The second kappa shape index (κ2) is 3.93. The van der Waals surface area contributed by atoms with Crippen molar-refractivity contribution >= 4 is 15.7 Å². The van der Waals surface area contributed by atoms with Crippen LogP contribution in [0.1, 0.15) is 5.56 Å². The average molecular weight is 215 g/mol. The van der Waals surface area contributed by atoms with Gasteiger partial charge < -0.3 is 5.73 Å². The summed E-state index contributed by atoms with van der Waals surface area (Å²) in [6.45, 7) is 0.267. The van der Waals surface area contributed by atoms with Gasteiger partial charge in [0.05, 0.1) is 11.9 Å². The molecule has 78 valence electrons. The van der Waals surface area contributed by atoms with E-state index in [-0.39, 0.29) is 6.54 Å². The predicted octanol–water partition coefficient (Wildman–Crippen LogP) is -0.0639. The van der Waals surface area contributed by atoms with Crippen LogP contribution in [-0.2, 0) is 16.6 Å². The van der Waals surface area contributed by atoms with Gasteiger partial charge >= 0.3 is 0 Å². The molecule has 1 heterocycles. The van der Waals surface area contributed by atoms with E-state index in [1.54, 1.807) is 12.3 Å². The molecule has 1 aromatic rings. The minimum absolute atomic E-state index is 0.267. The number of sulfonamides is 1. The first kappa shape index (κ1) is 10.9. The largest absolute Gasteiger partial charge is 0.326 e. The van der Waals surface area contributed by atoms with Crippen LogP contribution in [0.4, 0.5) is 5.69 Å². The molecule has 0 fully saturated rings. The molecular formula is C8H13N3O2S. The summed E-state index contributed by atoms with van der Waals surface area (Å²) in [6, 6.07) is 1.63. The highest BCUT2D eigenvalue weighted by Crippen LogP contribution is 2.19. The van der Waals surface area contributed by atoms with E-state index in [1.165, 1.54) is 17.5 Å². The van der Waals surface area contributed by atoms with Crippen LogP contribution in [-0.4, -0.2) is 26.7 Å². The molecule has 2 N–H and O–H groups in total. The van der Waals surface area contributed by atoms with Gasteiger partial charge in [-0.05, 0) is 6.07 Å². The number of aromatic nitrogens is 1. The summed E-state index contributed by atoms with van der Waals surface area (Å²) in [5.74, 6) is 0. The van der Waals surface area contributed by atoms with Gasteiger partial charge in [-0.3, -0.25) is 9.29 Å². The van der Waals surface area contributed by atoms with Gasteiger partial charge in [0.15, 0.2) is 0 Å². The highest BCUT2D eigenvalue weighted by Gasteiger charge is 2.14. The van der Waals surface area contributed by atoms with Crippen molar-refractivity contribution in [2.45, 2.75) is 6.54 Å². The molecule has 0 saturated carbocycles. The van der Waals surface area contributed by atoms with Crippen molar-refractivity contribution in [1.29, 1.82) is 0 Å². The third-order valence-corrected chi connectivity index (χ3v) is 3.13. The fraction of sp³-hybridized carbons (Fsp3) is 0.375. The summed E-state index contributed by atoms with van der Waals surface area (Å²) in [4.78, 5) is 3.88. The number of hydrogen-bond donors (Lipinski definition) is 1. The van der Waals surface area contributed by atoms with E-state index in [2.05, 4.69) is 4.98 Å². The van der Waals surface area contributed by atoms with E-state index in [0.29, 0.717) is 11.3 Å². The fourth-order valence-electron chi connectivity index (χ4n) is 1.06. The second-order valence-corrected chi connectivity index (χ2v) is 4.95. The number of rotatable bonds is 3. The third kappa shape index (κ3) is 2.21. The Hall–Kier alpha value is -1.14. The first-order chi connectivity index (χ1) is 6.46. The van der Waals surface area contributed by atoms with Crippen LogP contribution in [0.25, 0.3) is 0 Å². The molecule has 0 aliphatic rings. The SMILES string of the molecule is CN(c1ccncc1CN)S(C)(=O)=O. The number of hydrogen-bond acceptors (Lipinski definition) is 4. The Morgan fingerprint density at radius 3 is 2.71 bits per heavy atom. The van der Waals surface area contributed by atoms with Crippen LogP contribution in [0.5, 0.6) is 0 Å². The van der Waals surface area contributed by atoms with E-state index in [4.69, 9.17) is 5.73 Å². The van der Waals surface area contributed by atoms with Crippen molar-refractivity contribution in [2.24, 2.45) is 5.73 Å². The van der Waals surface area contributed by atoms with Crippen LogP contribution in [0.15, 0.2) is 18.5 Å². The van der Waals surface area contributed by atoms with Crippen LogP contribution in [0.2, 0.25) is 0 Å². The fourth-order valence-corrected chi connectivity index (χ4v) is 1.60. The number of pyridine rings is 1. The van der Waals surface area contributed by atoms with Gasteiger partial charge in [0.25, 0.3) is 0 Å². The zero-order valence-electron chi connectivity index (χ0n) is 8.14. The summed E-state index contributed by atoms with van der Waals surface area (Å²) in [6.07, 6.45) is 4.25. The van der Waals surface area contributed by atoms with Gasteiger partial charge in [-0.2, -0.15) is 0 Å². The quantitative estimate of drug-likeness (QED) is 0.766. The third-order valence-electron chi connectivity index (χ3n) is 1.93. The molecule has 0 spiro atoms. The lowest BCUT2D eigenvalue weighted by molar-refractivity contribution is 0.600. The zero-order valence-corrected chi connectivity index (χ0v) is 8.95. The Balaban J connectivity index is 3.19. The van der Waals surface area contributed by atoms with Crippen molar-refractivity contribution < 1.29 is 8.42 Å². The number of nitrogens with two attached hydrogens (primary N) is 1. The molecule has 1 rings (SSSR count). The van der Waals surface area contributed by atoms with E-state index >= 15 is 0 Å². The molecule has 5 nitrogen and oxygen atoms in total. The highest BCUT2D eigenvalue weighted by molar-refractivity contribution is 7.92. The van der Waals surface area contributed by atoms with Gasteiger partial charge in [0.1, 0.15) is 0 Å². The van der Waals surface area contributed by atoms with Crippen LogP contribution >= 0.6 is 0 Å². The standard InChI is InChI=1S/C8H13N3O2S/c1-11(14(2,12)13)8-3-4-10-6-7(8)5-9/h3-4,6H,5,9H2,1-2H3. The van der Waals surface area contributed by atoms with Gasteiger partial charge in [-0.15, -0.1) is 0 Å². The monoisotopic (exact) mass is 215 g/mol. The van der Waals surface area contributed by atoms with Crippen LogP contribution in [0, 0.1) is 0 Å². The molecule has 0 aromatic carbocycles. The van der Waals surface area contributed by atoms with Gasteiger partial charge in [-0.1, -0.05) is 0 Å². The number of anilines is 1. The molecule has 0 atom stereocenters. The number of nitrogens with zero attached hydrogens (tertiary/aromatic N) is 2. The molecule has 0 aliphatic carbocycles. The Morgan fingerprint density at radius 1 is 1.57 bits per heavy atom. The van der Waals surface area contributed by atoms with E-state index in [0.717, 1.165) is 6.26 Å². The predicted molar refractivity (Wildman–Crippen MR) is 55.4 cm³/mol. The van der Waals surface area contributed by atoms with Crippen molar-refractivity contribution in [3.05, 3.63) is 24.0 Å². The van der Waals surface area contributed by atoms with Gasteiger partial charge in [0, 0.05) is 31.5 Å². The van der Waals surface area contributed by atoms with E-state index in [1.807, 2.05) is 0 Å². The minimum atomic E-state index is -3.24. The molecule has 14 heavy (non-hydrogen) atoms. The van der Waals surface area contributed by atoms with Crippen molar-refractivity contribution in [3.63, 3.8) is 0 Å². The maximum absolute atomic E-state index is 11.3. The molecule has 0 radical (unpaired) electrons. The summed E-state index contributed by atoms with van der Waals surface area (Å²) in [5.41, 5.74) is 6.75. The molecule has 6 heteroatoms. The summed E-state index contributed by atoms with van der Waals surface area (Å²) in [5, 5.41) is 0. The molecular weight excluding hydrogens is 202 g/mol. The first-order valence-electron chi connectivity index (χ1n) is 4.03. The van der Waals surface area contributed by atoms with Gasteiger partial charge in [0.2, 0.25) is 10.0 Å². The molecule has 0 bridgehead atoms. The van der Waals surface area contributed by atoms with Crippen molar-refractivity contribution in [3.8, 4) is 0 Å². The maximum Gasteiger partial charge on any atom is 0.232 e. The van der Waals surface area contributed by atoms with E-state index in [9.17, 15) is 8.42 Å². The zero-order chi connectivity index (χ0) is 10.8. The topological polar surface area (TPSA) is 76.3 Å². The summed E-state index contributed by atoms with van der Waals surface area (Å²) >= 11 is 0. The Bertz CT molecular complexity index is 416. The Labute approximate surface area is 83.6 Å².